The van der Waals surface area contributed by atoms with E-state index in [2.05, 4.69) is 43.4 Å². The molecule has 0 saturated carbocycles. The van der Waals surface area contributed by atoms with Crippen molar-refractivity contribution in [3.05, 3.63) is 69.1 Å². The fourth-order valence-corrected chi connectivity index (χ4v) is 4.12. The number of nitrogens with one attached hydrogen (secondary N) is 2. The van der Waals surface area contributed by atoms with Crippen LogP contribution in [0.15, 0.2) is 53.7 Å². The van der Waals surface area contributed by atoms with Crippen LogP contribution in [0.3, 0.4) is 0 Å². The second-order valence-corrected chi connectivity index (χ2v) is 9.99. The minimum Gasteiger partial charge on any atom is -0.342 e. The summed E-state index contributed by atoms with van der Waals surface area (Å²) >= 11 is 3.53. The lowest BCUT2D eigenvalue weighted by Gasteiger charge is -2.21. The van der Waals surface area contributed by atoms with Crippen molar-refractivity contribution >= 4 is 51.9 Å². The van der Waals surface area contributed by atoms with Crippen LogP contribution < -0.4 is 10.6 Å². The van der Waals surface area contributed by atoms with Crippen molar-refractivity contribution in [2.24, 2.45) is 13.0 Å². The average molecular weight is 563 g/mol. The van der Waals surface area contributed by atoms with E-state index in [1.54, 1.807) is 0 Å². The average Bonchev–Trinajstić information content (AvgIpc) is 3.12. The highest BCUT2D eigenvalue weighted by molar-refractivity contribution is 14.1. The van der Waals surface area contributed by atoms with Crippen molar-refractivity contribution in [2.45, 2.75) is 32.0 Å². The third-order valence-corrected chi connectivity index (χ3v) is 6.61. The van der Waals surface area contributed by atoms with Gasteiger partial charge in [0.1, 0.15) is 0 Å². The highest BCUT2D eigenvalue weighted by atomic mass is 127. The number of amides is 2. The number of halogens is 1. The zero-order valence-electron chi connectivity index (χ0n) is 18.4. The Hall–Kier alpha value is -2.40. The molecule has 0 fully saturated rings. The van der Waals surface area contributed by atoms with Crippen molar-refractivity contribution in [3.8, 4) is 0 Å². The maximum Gasteiger partial charge on any atom is 0.251 e. The van der Waals surface area contributed by atoms with E-state index in [1.165, 1.54) is 11.8 Å². The Labute approximate surface area is 205 Å². The highest BCUT2D eigenvalue weighted by Crippen LogP contribution is 2.24. The molecule has 1 atom stereocenters. The van der Waals surface area contributed by atoms with Crippen LogP contribution in [-0.4, -0.2) is 32.3 Å². The van der Waals surface area contributed by atoms with Gasteiger partial charge in [0, 0.05) is 21.9 Å². The summed E-state index contributed by atoms with van der Waals surface area (Å²) in [4.78, 5) is 25.1. The number of rotatable bonds is 8. The van der Waals surface area contributed by atoms with E-state index in [0.29, 0.717) is 16.5 Å². The Morgan fingerprint density at radius 1 is 1.06 bits per heavy atom. The zero-order chi connectivity index (χ0) is 23.3. The molecule has 1 aromatic heterocycles. The van der Waals surface area contributed by atoms with Crippen LogP contribution in [0.4, 0.5) is 5.69 Å². The molecule has 0 saturated heterocycles. The minimum atomic E-state index is -0.309. The molecular weight excluding hydrogens is 537 g/mol. The van der Waals surface area contributed by atoms with E-state index < -0.39 is 0 Å². The minimum absolute atomic E-state index is 0.106. The summed E-state index contributed by atoms with van der Waals surface area (Å²) in [5, 5.41) is 15.1. The lowest BCUT2D eigenvalue weighted by molar-refractivity contribution is -0.113. The number of anilines is 1. The first-order chi connectivity index (χ1) is 15.2. The van der Waals surface area contributed by atoms with Crippen LogP contribution >= 0.6 is 34.4 Å². The van der Waals surface area contributed by atoms with Crippen LogP contribution in [0.25, 0.3) is 0 Å². The molecule has 0 aliphatic rings. The van der Waals surface area contributed by atoms with Crippen molar-refractivity contribution in [3.63, 3.8) is 0 Å². The number of hydrogen-bond acceptors (Lipinski definition) is 5. The first-order valence-corrected chi connectivity index (χ1v) is 12.3. The third-order valence-electron chi connectivity index (χ3n) is 4.87. The molecule has 1 heterocycles. The second-order valence-electron chi connectivity index (χ2n) is 7.80. The summed E-state index contributed by atoms with van der Waals surface area (Å²) in [5.41, 5.74) is 2.46. The molecule has 0 bridgehead atoms. The number of nitrogens with zero attached hydrogens (tertiary/aromatic N) is 3. The van der Waals surface area contributed by atoms with E-state index >= 15 is 0 Å². The SMILES string of the molecule is Cc1ccc(C(=O)N[C@H](c2nnc(SCC(=O)Nc3ccc(I)cc3)n2C)C(C)C)cc1. The van der Waals surface area contributed by atoms with Gasteiger partial charge in [-0.25, -0.2) is 0 Å². The Morgan fingerprint density at radius 2 is 1.72 bits per heavy atom. The lowest BCUT2D eigenvalue weighted by atomic mass is 10.0. The second kappa shape index (κ2) is 11.0. The number of hydrogen-bond donors (Lipinski definition) is 2. The summed E-state index contributed by atoms with van der Waals surface area (Å²) < 4.78 is 2.94. The fraction of sp³-hybridized carbons (Fsp3) is 0.304. The monoisotopic (exact) mass is 563 g/mol. The van der Waals surface area contributed by atoms with Crippen LogP contribution in [0.2, 0.25) is 0 Å². The Balaban J connectivity index is 1.65. The van der Waals surface area contributed by atoms with Gasteiger partial charge in [0.2, 0.25) is 5.91 Å². The number of aryl methyl sites for hydroxylation is 1. The Bertz CT molecular complexity index is 1080. The molecule has 3 aromatic rings. The number of carbonyl (C=O) groups is 2. The molecule has 168 valence electrons. The van der Waals surface area contributed by atoms with E-state index in [9.17, 15) is 9.59 Å². The first-order valence-electron chi connectivity index (χ1n) is 10.2. The lowest BCUT2D eigenvalue weighted by Crippen LogP contribution is -2.33. The molecule has 0 spiro atoms. The van der Waals surface area contributed by atoms with Crippen molar-refractivity contribution < 1.29 is 9.59 Å². The topological polar surface area (TPSA) is 88.9 Å². The Morgan fingerprint density at radius 3 is 2.34 bits per heavy atom. The maximum absolute atomic E-state index is 12.7. The van der Waals surface area contributed by atoms with Gasteiger partial charge in [-0.15, -0.1) is 10.2 Å². The summed E-state index contributed by atoms with van der Waals surface area (Å²) in [5.74, 6) is 0.696. The molecule has 32 heavy (non-hydrogen) atoms. The van der Waals surface area contributed by atoms with Crippen molar-refractivity contribution in [2.75, 3.05) is 11.1 Å². The van der Waals surface area contributed by atoms with Crippen LogP contribution in [0.1, 0.15) is 41.6 Å². The highest BCUT2D eigenvalue weighted by Gasteiger charge is 2.25. The Kier molecular flexibility index (Phi) is 8.30. The van der Waals surface area contributed by atoms with Crippen molar-refractivity contribution in [1.29, 1.82) is 0 Å². The number of benzene rings is 2. The number of carbonyl (C=O) groups excluding carboxylic acids is 2. The van der Waals surface area contributed by atoms with Crippen molar-refractivity contribution in [1.82, 2.24) is 20.1 Å². The molecule has 2 N–H and O–H groups in total. The first kappa shape index (κ1) is 24.2. The van der Waals surface area contributed by atoms with E-state index in [0.717, 1.165) is 14.8 Å². The molecule has 2 aromatic carbocycles. The van der Waals surface area contributed by atoms with E-state index in [4.69, 9.17) is 0 Å². The summed E-state index contributed by atoms with van der Waals surface area (Å²) in [6, 6.07) is 14.8. The van der Waals surface area contributed by atoms with E-state index in [1.807, 2.05) is 80.9 Å². The normalized spacial score (nSPS) is 11.9. The molecule has 2 amide bonds. The molecule has 0 radical (unpaired) electrons. The quantitative estimate of drug-likeness (QED) is 0.309. The summed E-state index contributed by atoms with van der Waals surface area (Å²) in [7, 11) is 1.85. The predicted molar refractivity (Wildman–Crippen MR) is 136 cm³/mol. The zero-order valence-corrected chi connectivity index (χ0v) is 21.4. The van der Waals surface area contributed by atoms with Gasteiger partial charge in [-0.3, -0.25) is 9.59 Å². The summed E-state index contributed by atoms with van der Waals surface area (Å²) in [6.07, 6.45) is 0. The van der Waals surface area contributed by atoms with Crippen LogP contribution in [0, 0.1) is 16.4 Å². The molecule has 0 aliphatic heterocycles. The molecular formula is C23H26IN5O2S. The largest absolute Gasteiger partial charge is 0.342 e. The van der Waals surface area contributed by atoms with Gasteiger partial charge in [0.25, 0.3) is 5.91 Å². The third kappa shape index (κ3) is 6.32. The van der Waals surface area contributed by atoms with Gasteiger partial charge >= 0.3 is 0 Å². The number of thioether (sulfide) groups is 1. The molecule has 3 rings (SSSR count). The van der Waals surface area contributed by atoms with Gasteiger partial charge in [-0.05, 0) is 71.8 Å². The fourth-order valence-electron chi connectivity index (χ4n) is 3.04. The van der Waals surface area contributed by atoms with E-state index in [-0.39, 0.29) is 29.5 Å². The number of aromatic nitrogens is 3. The molecule has 7 nitrogen and oxygen atoms in total. The van der Waals surface area contributed by atoms with Gasteiger partial charge in [-0.2, -0.15) is 0 Å². The van der Waals surface area contributed by atoms with Crippen LogP contribution in [-0.2, 0) is 11.8 Å². The standard InChI is InChI=1S/C23H26IN5O2S/c1-14(2)20(26-22(31)16-7-5-15(3)6-8-16)21-27-28-23(29(21)4)32-13-19(30)25-18-11-9-17(24)10-12-18/h5-12,14,20H,13H2,1-4H3,(H,25,30)(H,26,31)/t20-/m0/s1. The molecule has 9 heteroatoms. The van der Waals surface area contributed by atoms with Crippen LogP contribution in [0.5, 0.6) is 0 Å². The van der Waals surface area contributed by atoms with Gasteiger partial charge in [0.15, 0.2) is 11.0 Å². The van der Waals surface area contributed by atoms with Gasteiger partial charge < -0.3 is 15.2 Å². The summed E-state index contributed by atoms with van der Waals surface area (Å²) in [6.45, 7) is 6.03. The smallest absolute Gasteiger partial charge is 0.251 e. The molecule has 0 aliphatic carbocycles. The predicted octanol–water partition coefficient (Wildman–Crippen LogP) is 4.59. The van der Waals surface area contributed by atoms with Gasteiger partial charge in [0.05, 0.1) is 11.8 Å². The molecule has 0 unspecified atom stereocenters. The maximum atomic E-state index is 12.7. The van der Waals surface area contributed by atoms with Gasteiger partial charge in [-0.1, -0.05) is 43.3 Å².